The zero-order chi connectivity index (χ0) is 17.2. The fourth-order valence-electron chi connectivity index (χ4n) is 2.28. The SMILES string of the molecule is [CH]c1cc2cc(NCCN(C)C)ccc2n1C(=O)OC(C)(C)C. The first-order valence-electron chi connectivity index (χ1n) is 7.70. The zero-order valence-corrected chi connectivity index (χ0v) is 14.5. The second kappa shape index (κ2) is 6.62. The maximum atomic E-state index is 12.3. The van der Waals surface area contributed by atoms with Gasteiger partial charge in [-0.3, -0.25) is 0 Å². The number of ether oxygens (including phenoxy) is 1. The van der Waals surface area contributed by atoms with Gasteiger partial charge in [-0.2, -0.15) is 0 Å². The van der Waals surface area contributed by atoms with Crippen LogP contribution in [0.4, 0.5) is 10.5 Å². The molecule has 0 aliphatic rings. The Morgan fingerprint density at radius 3 is 2.61 bits per heavy atom. The average molecular weight is 315 g/mol. The number of nitrogens with one attached hydrogen (secondary N) is 1. The smallest absolute Gasteiger partial charge is 0.419 e. The summed E-state index contributed by atoms with van der Waals surface area (Å²) in [6.07, 6.45) is -0.460. The van der Waals surface area contributed by atoms with Gasteiger partial charge in [0.25, 0.3) is 0 Å². The number of carbonyl (C=O) groups excluding carboxylic acids is 1. The molecule has 2 radical (unpaired) electrons. The van der Waals surface area contributed by atoms with Crippen molar-refractivity contribution in [3.05, 3.63) is 36.9 Å². The molecule has 0 bridgehead atoms. The summed E-state index contributed by atoms with van der Waals surface area (Å²) >= 11 is 0. The van der Waals surface area contributed by atoms with Crippen LogP contribution in [0.15, 0.2) is 24.3 Å². The molecule has 23 heavy (non-hydrogen) atoms. The molecule has 0 aliphatic carbocycles. The molecular formula is C18H25N3O2. The summed E-state index contributed by atoms with van der Waals surface area (Å²) in [6.45, 7) is 13.3. The van der Waals surface area contributed by atoms with E-state index in [0.29, 0.717) is 5.69 Å². The van der Waals surface area contributed by atoms with Gasteiger partial charge in [0.2, 0.25) is 0 Å². The van der Waals surface area contributed by atoms with Crippen molar-refractivity contribution in [2.24, 2.45) is 0 Å². The molecule has 1 N–H and O–H groups in total. The number of rotatable bonds is 4. The first-order valence-corrected chi connectivity index (χ1v) is 7.70. The third-order valence-electron chi connectivity index (χ3n) is 3.29. The third kappa shape index (κ3) is 4.48. The van der Waals surface area contributed by atoms with Crippen molar-refractivity contribution in [2.75, 3.05) is 32.5 Å². The van der Waals surface area contributed by atoms with Crippen molar-refractivity contribution >= 4 is 22.7 Å². The second-order valence-corrected chi connectivity index (χ2v) is 6.89. The lowest BCUT2D eigenvalue weighted by molar-refractivity contribution is 0.0543. The van der Waals surface area contributed by atoms with Crippen LogP contribution in [0.1, 0.15) is 26.5 Å². The summed E-state index contributed by atoms with van der Waals surface area (Å²) in [4.78, 5) is 14.4. The highest BCUT2D eigenvalue weighted by Gasteiger charge is 2.20. The predicted molar refractivity (Wildman–Crippen MR) is 94.0 cm³/mol. The van der Waals surface area contributed by atoms with Crippen molar-refractivity contribution in [1.82, 2.24) is 9.47 Å². The molecule has 1 aromatic heterocycles. The number of anilines is 1. The first-order chi connectivity index (χ1) is 10.7. The summed E-state index contributed by atoms with van der Waals surface area (Å²) in [5.74, 6) is 0. The van der Waals surface area contributed by atoms with E-state index >= 15 is 0 Å². The Labute approximate surface area is 138 Å². The summed E-state index contributed by atoms with van der Waals surface area (Å²) in [7, 11) is 4.07. The van der Waals surface area contributed by atoms with Gasteiger partial charge in [0.1, 0.15) is 5.60 Å². The minimum absolute atomic E-state index is 0.375. The Balaban J connectivity index is 2.24. The van der Waals surface area contributed by atoms with Crippen LogP contribution in [-0.4, -0.2) is 48.3 Å². The van der Waals surface area contributed by atoms with Gasteiger partial charge in [0.15, 0.2) is 0 Å². The van der Waals surface area contributed by atoms with Crippen molar-refractivity contribution in [2.45, 2.75) is 26.4 Å². The summed E-state index contributed by atoms with van der Waals surface area (Å²) < 4.78 is 6.82. The Morgan fingerprint density at radius 1 is 1.30 bits per heavy atom. The van der Waals surface area contributed by atoms with Gasteiger partial charge in [-0.15, -0.1) is 0 Å². The van der Waals surface area contributed by atoms with Crippen LogP contribution >= 0.6 is 0 Å². The molecule has 0 aliphatic heterocycles. The molecule has 0 spiro atoms. The van der Waals surface area contributed by atoms with Crippen LogP contribution in [-0.2, 0) is 4.74 Å². The van der Waals surface area contributed by atoms with Crippen molar-refractivity contribution in [3.8, 4) is 0 Å². The Hall–Kier alpha value is -2.01. The monoisotopic (exact) mass is 315 g/mol. The number of carbonyl (C=O) groups is 1. The van der Waals surface area contributed by atoms with Gasteiger partial charge < -0.3 is 15.0 Å². The number of likely N-dealkylation sites (N-methyl/N-ethyl adjacent to an activating group) is 1. The maximum Gasteiger partial charge on any atom is 0.419 e. The summed E-state index contributed by atoms with van der Waals surface area (Å²) in [5.41, 5.74) is 1.56. The zero-order valence-electron chi connectivity index (χ0n) is 14.5. The van der Waals surface area contributed by atoms with Crippen LogP contribution in [0.2, 0.25) is 0 Å². The third-order valence-corrected chi connectivity index (χ3v) is 3.29. The number of hydrogen-bond donors (Lipinski definition) is 1. The fourth-order valence-corrected chi connectivity index (χ4v) is 2.28. The van der Waals surface area contributed by atoms with E-state index in [0.717, 1.165) is 29.7 Å². The number of aromatic nitrogens is 1. The number of benzene rings is 1. The van der Waals surface area contributed by atoms with E-state index in [2.05, 4.69) is 10.2 Å². The van der Waals surface area contributed by atoms with Crippen molar-refractivity contribution in [3.63, 3.8) is 0 Å². The van der Waals surface area contributed by atoms with Crippen LogP contribution in [0.25, 0.3) is 10.9 Å². The van der Waals surface area contributed by atoms with Gasteiger partial charge in [0, 0.05) is 36.8 Å². The number of fused-ring (bicyclic) bond motifs is 1. The average Bonchev–Trinajstić information content (AvgIpc) is 2.71. The molecule has 0 saturated carbocycles. The number of hydrogen-bond acceptors (Lipinski definition) is 4. The molecule has 5 heteroatoms. The van der Waals surface area contributed by atoms with Gasteiger partial charge in [-0.25, -0.2) is 9.36 Å². The lowest BCUT2D eigenvalue weighted by atomic mass is 10.2. The highest BCUT2D eigenvalue weighted by Crippen LogP contribution is 2.24. The van der Waals surface area contributed by atoms with E-state index in [1.807, 2.05) is 53.1 Å². The largest absolute Gasteiger partial charge is 0.443 e. The molecule has 124 valence electrons. The lowest BCUT2D eigenvalue weighted by Gasteiger charge is -2.20. The lowest BCUT2D eigenvalue weighted by Crippen LogP contribution is -2.27. The summed E-state index contributed by atoms with van der Waals surface area (Å²) in [6, 6.07) is 7.60. The Kier molecular flexibility index (Phi) is 5.00. The maximum absolute atomic E-state index is 12.3. The standard InChI is InChI=1S/C18H25N3O2/c1-13-11-14-12-15(19-9-10-20(5)6)7-8-16(14)21(13)17(22)23-18(2,3)4/h1,7-8,11-12,19H,9-10H2,2-6H3. The predicted octanol–water partition coefficient (Wildman–Crippen LogP) is 3.46. The molecule has 0 unspecified atom stereocenters. The molecule has 0 atom stereocenters. The minimum Gasteiger partial charge on any atom is -0.443 e. The van der Waals surface area contributed by atoms with E-state index in [4.69, 9.17) is 11.7 Å². The molecule has 1 heterocycles. The Bertz CT molecular complexity index is 696. The number of nitrogens with zero attached hydrogens (tertiary/aromatic N) is 2. The molecule has 0 amide bonds. The van der Waals surface area contributed by atoms with E-state index in [1.165, 1.54) is 4.57 Å². The molecule has 2 aromatic rings. The van der Waals surface area contributed by atoms with Gasteiger partial charge in [-0.1, -0.05) is 0 Å². The first kappa shape index (κ1) is 17.3. The molecule has 0 saturated heterocycles. The molecule has 1 aromatic carbocycles. The molecular weight excluding hydrogens is 290 g/mol. The van der Waals surface area contributed by atoms with Gasteiger partial charge in [0.05, 0.1) is 5.52 Å². The van der Waals surface area contributed by atoms with E-state index in [9.17, 15) is 4.79 Å². The van der Waals surface area contributed by atoms with Gasteiger partial charge in [-0.05, 0) is 59.1 Å². The van der Waals surface area contributed by atoms with E-state index in [-0.39, 0.29) is 0 Å². The quantitative estimate of drug-likeness (QED) is 0.938. The van der Waals surface area contributed by atoms with Crippen molar-refractivity contribution < 1.29 is 9.53 Å². The van der Waals surface area contributed by atoms with Crippen LogP contribution in [0.5, 0.6) is 0 Å². The van der Waals surface area contributed by atoms with Crippen LogP contribution in [0, 0.1) is 6.92 Å². The van der Waals surface area contributed by atoms with Gasteiger partial charge >= 0.3 is 6.09 Å². The van der Waals surface area contributed by atoms with Crippen LogP contribution in [0.3, 0.4) is 0 Å². The summed E-state index contributed by atoms with van der Waals surface area (Å²) in [5, 5.41) is 4.26. The highest BCUT2D eigenvalue weighted by molar-refractivity contribution is 5.93. The fraction of sp³-hybridized carbons (Fsp3) is 0.444. The second-order valence-electron chi connectivity index (χ2n) is 6.89. The van der Waals surface area contributed by atoms with Crippen LogP contribution < -0.4 is 5.32 Å². The highest BCUT2D eigenvalue weighted by atomic mass is 16.6. The van der Waals surface area contributed by atoms with E-state index < -0.39 is 11.7 Å². The van der Waals surface area contributed by atoms with E-state index in [1.54, 1.807) is 6.07 Å². The topological polar surface area (TPSA) is 46.5 Å². The molecule has 0 fully saturated rings. The van der Waals surface area contributed by atoms with Crippen molar-refractivity contribution in [1.29, 1.82) is 0 Å². The molecule has 2 rings (SSSR count). The molecule has 5 nitrogen and oxygen atoms in total. The Morgan fingerprint density at radius 2 is 2.00 bits per heavy atom. The minimum atomic E-state index is -0.562. The normalized spacial score (nSPS) is 12.0.